The number of rotatable bonds is 3. The van der Waals surface area contributed by atoms with Crippen molar-refractivity contribution in [3.05, 3.63) is 18.7 Å². The summed E-state index contributed by atoms with van der Waals surface area (Å²) in [5.74, 6) is 0.389. The van der Waals surface area contributed by atoms with Crippen molar-refractivity contribution in [3.8, 4) is 17.3 Å². The lowest BCUT2D eigenvalue weighted by atomic mass is 10.2. The van der Waals surface area contributed by atoms with Gasteiger partial charge in [-0.1, -0.05) is 0 Å². The number of aromatic nitrogens is 6. The lowest BCUT2D eigenvalue weighted by molar-refractivity contribution is 0.380. The number of ether oxygens (including phenoxy) is 1. The highest BCUT2D eigenvalue weighted by Crippen LogP contribution is 2.29. The topological polar surface area (TPSA) is 105 Å². The van der Waals surface area contributed by atoms with Crippen molar-refractivity contribution < 1.29 is 4.74 Å². The van der Waals surface area contributed by atoms with Crippen molar-refractivity contribution in [1.29, 1.82) is 0 Å². The maximum absolute atomic E-state index is 5.95. The monoisotopic (exact) mass is 271 g/mol. The van der Waals surface area contributed by atoms with Gasteiger partial charge >= 0.3 is 6.01 Å². The van der Waals surface area contributed by atoms with Crippen LogP contribution in [0.15, 0.2) is 18.7 Å². The number of nitrogen functional groups attached to an aromatic ring is 1. The van der Waals surface area contributed by atoms with E-state index in [1.807, 2.05) is 6.92 Å². The van der Waals surface area contributed by atoms with E-state index in [1.165, 1.54) is 13.4 Å². The third kappa shape index (κ3) is 1.81. The Bertz CT molecular complexity index is 750. The van der Waals surface area contributed by atoms with Gasteiger partial charge in [0.15, 0.2) is 5.65 Å². The molecule has 0 unspecified atom stereocenters. The maximum Gasteiger partial charge on any atom is 0.316 e. The molecular formula is C12H13N7O. The van der Waals surface area contributed by atoms with E-state index in [4.69, 9.17) is 10.5 Å². The molecule has 8 nitrogen and oxygen atoms in total. The van der Waals surface area contributed by atoms with E-state index in [0.717, 1.165) is 5.56 Å². The van der Waals surface area contributed by atoms with E-state index < -0.39 is 0 Å². The molecule has 0 radical (unpaired) electrons. The van der Waals surface area contributed by atoms with E-state index in [1.54, 1.807) is 17.1 Å². The van der Waals surface area contributed by atoms with Crippen LogP contribution in [0.3, 0.4) is 0 Å². The molecule has 2 N–H and O–H groups in total. The van der Waals surface area contributed by atoms with Gasteiger partial charge in [-0.25, -0.2) is 24.6 Å². The molecule has 3 aromatic rings. The van der Waals surface area contributed by atoms with Crippen LogP contribution in [0.2, 0.25) is 0 Å². The third-order valence-electron chi connectivity index (χ3n) is 2.94. The fraction of sp³-hybridized carbons (Fsp3) is 0.250. The molecule has 0 atom stereocenters. The number of methoxy groups -OCH3 is 1. The Morgan fingerprint density at radius 3 is 2.60 bits per heavy atom. The molecule has 8 heteroatoms. The number of fused-ring (bicyclic) bond motifs is 1. The summed E-state index contributed by atoms with van der Waals surface area (Å²) in [6, 6.07) is 0.303. The van der Waals surface area contributed by atoms with Crippen molar-refractivity contribution in [1.82, 2.24) is 29.7 Å². The molecular weight excluding hydrogens is 258 g/mol. The first-order valence-corrected chi connectivity index (χ1v) is 6.08. The van der Waals surface area contributed by atoms with Crippen LogP contribution in [0, 0.1) is 0 Å². The molecule has 102 valence electrons. The Morgan fingerprint density at radius 2 is 1.95 bits per heavy atom. The molecule has 0 spiro atoms. The zero-order valence-electron chi connectivity index (χ0n) is 11.1. The molecule has 0 aliphatic rings. The molecule has 0 bridgehead atoms. The molecule has 0 fully saturated rings. The van der Waals surface area contributed by atoms with Crippen LogP contribution in [0.4, 0.5) is 5.82 Å². The number of nitrogens with zero attached hydrogens (tertiary/aromatic N) is 6. The number of nitrogens with two attached hydrogens (primary N) is 1. The number of hydrogen-bond acceptors (Lipinski definition) is 7. The third-order valence-corrected chi connectivity index (χ3v) is 2.94. The van der Waals surface area contributed by atoms with Crippen molar-refractivity contribution in [3.63, 3.8) is 0 Å². The van der Waals surface area contributed by atoms with Crippen molar-refractivity contribution in [2.45, 2.75) is 13.5 Å². The number of hydrogen-bond donors (Lipinski definition) is 1. The Hall–Kier alpha value is -2.77. The maximum atomic E-state index is 5.95. The van der Waals surface area contributed by atoms with Gasteiger partial charge in [-0.05, 0) is 6.92 Å². The summed E-state index contributed by atoms with van der Waals surface area (Å²) in [6.07, 6.45) is 4.71. The lowest BCUT2D eigenvalue weighted by Crippen LogP contribution is -1.98. The summed E-state index contributed by atoms with van der Waals surface area (Å²) in [4.78, 5) is 16.4. The van der Waals surface area contributed by atoms with Gasteiger partial charge in [0.2, 0.25) is 0 Å². The van der Waals surface area contributed by atoms with Gasteiger partial charge in [0.25, 0.3) is 0 Å². The fourth-order valence-electron chi connectivity index (χ4n) is 2.00. The minimum atomic E-state index is 0.303. The second-order valence-corrected chi connectivity index (χ2v) is 4.08. The second-order valence-electron chi connectivity index (χ2n) is 4.08. The van der Waals surface area contributed by atoms with Crippen LogP contribution in [0.25, 0.3) is 22.3 Å². The van der Waals surface area contributed by atoms with Crippen LogP contribution in [0.1, 0.15) is 6.92 Å². The van der Waals surface area contributed by atoms with Gasteiger partial charge in [-0.3, -0.25) is 0 Å². The van der Waals surface area contributed by atoms with Crippen LogP contribution in [-0.2, 0) is 6.54 Å². The Kier molecular flexibility index (Phi) is 2.90. The Balaban J connectivity index is 2.24. The van der Waals surface area contributed by atoms with E-state index in [9.17, 15) is 0 Å². The Labute approximate surface area is 114 Å². The summed E-state index contributed by atoms with van der Waals surface area (Å²) >= 11 is 0. The van der Waals surface area contributed by atoms with Gasteiger partial charge in [-0.15, -0.1) is 0 Å². The lowest BCUT2D eigenvalue weighted by Gasteiger charge is -2.00. The van der Waals surface area contributed by atoms with Crippen LogP contribution >= 0.6 is 0 Å². The smallest absolute Gasteiger partial charge is 0.316 e. The van der Waals surface area contributed by atoms with Gasteiger partial charge in [0.05, 0.1) is 12.5 Å². The first-order valence-electron chi connectivity index (χ1n) is 6.08. The number of aryl methyl sites for hydroxylation is 1. The zero-order valence-corrected chi connectivity index (χ0v) is 11.1. The predicted molar refractivity (Wildman–Crippen MR) is 73.0 cm³/mol. The molecule has 3 aromatic heterocycles. The van der Waals surface area contributed by atoms with Crippen LogP contribution in [0.5, 0.6) is 6.01 Å². The molecule has 0 aliphatic heterocycles. The van der Waals surface area contributed by atoms with Crippen LogP contribution in [-0.4, -0.2) is 36.8 Å². The normalized spacial score (nSPS) is 10.9. The van der Waals surface area contributed by atoms with Gasteiger partial charge < -0.3 is 10.5 Å². The van der Waals surface area contributed by atoms with Crippen molar-refractivity contribution >= 4 is 16.9 Å². The minimum absolute atomic E-state index is 0.303. The largest absolute Gasteiger partial charge is 0.467 e. The highest BCUT2D eigenvalue weighted by atomic mass is 16.5. The van der Waals surface area contributed by atoms with Crippen molar-refractivity contribution in [2.24, 2.45) is 0 Å². The molecule has 0 amide bonds. The molecule has 0 aliphatic carbocycles. The van der Waals surface area contributed by atoms with E-state index in [-0.39, 0.29) is 0 Å². The zero-order chi connectivity index (χ0) is 14.1. The second kappa shape index (κ2) is 4.72. The van der Waals surface area contributed by atoms with Gasteiger partial charge in [-0.2, -0.15) is 5.10 Å². The highest BCUT2D eigenvalue weighted by Gasteiger charge is 2.16. The molecule has 3 heterocycles. The summed E-state index contributed by atoms with van der Waals surface area (Å²) in [6.45, 7) is 2.67. The van der Waals surface area contributed by atoms with Crippen LogP contribution < -0.4 is 10.5 Å². The number of anilines is 1. The quantitative estimate of drug-likeness (QED) is 0.754. The average Bonchev–Trinajstić information content (AvgIpc) is 2.87. The SMILES string of the molecule is CCn1nc(-c2cnc(OC)nc2)c2c(N)ncnc21. The highest BCUT2D eigenvalue weighted by molar-refractivity contribution is 5.97. The summed E-state index contributed by atoms with van der Waals surface area (Å²) in [5, 5.41) is 5.22. The first-order chi connectivity index (χ1) is 9.74. The standard InChI is InChI=1S/C12H13N7O/c1-3-19-11-8(10(13)16-6-17-11)9(18-19)7-4-14-12(20-2)15-5-7/h4-6H,3H2,1-2H3,(H2,13,16,17). The minimum Gasteiger partial charge on any atom is -0.467 e. The molecule has 0 aromatic carbocycles. The van der Waals surface area contributed by atoms with Crippen molar-refractivity contribution in [2.75, 3.05) is 12.8 Å². The van der Waals surface area contributed by atoms with E-state index in [2.05, 4.69) is 25.0 Å². The molecule has 0 saturated carbocycles. The van der Waals surface area contributed by atoms with Gasteiger partial charge in [0, 0.05) is 24.5 Å². The first kappa shape index (κ1) is 12.3. The van der Waals surface area contributed by atoms with E-state index in [0.29, 0.717) is 35.1 Å². The molecule has 20 heavy (non-hydrogen) atoms. The average molecular weight is 271 g/mol. The summed E-state index contributed by atoms with van der Waals surface area (Å²) in [7, 11) is 1.52. The summed E-state index contributed by atoms with van der Waals surface area (Å²) < 4.78 is 6.72. The fourth-order valence-corrected chi connectivity index (χ4v) is 2.00. The predicted octanol–water partition coefficient (Wildman–Crippen LogP) is 0.894. The van der Waals surface area contributed by atoms with Gasteiger partial charge in [0.1, 0.15) is 17.8 Å². The van der Waals surface area contributed by atoms with E-state index >= 15 is 0 Å². The molecule has 3 rings (SSSR count). The summed E-state index contributed by atoms with van der Waals surface area (Å²) in [5.41, 5.74) is 8.06. The molecule has 0 saturated heterocycles. The Morgan fingerprint density at radius 1 is 1.20 bits per heavy atom.